The van der Waals surface area contributed by atoms with Crippen molar-refractivity contribution < 1.29 is 8.42 Å². The van der Waals surface area contributed by atoms with Crippen LogP contribution < -0.4 is 10.5 Å². The predicted molar refractivity (Wildman–Crippen MR) is 86.0 cm³/mol. The summed E-state index contributed by atoms with van der Waals surface area (Å²) in [4.78, 5) is 3.76. The van der Waals surface area contributed by atoms with Crippen molar-refractivity contribution in [3.05, 3.63) is 45.0 Å². The van der Waals surface area contributed by atoms with Crippen LogP contribution in [0, 0.1) is 6.92 Å². The van der Waals surface area contributed by atoms with Gasteiger partial charge in [0.05, 0.1) is 5.69 Å². The lowest BCUT2D eigenvalue weighted by Crippen LogP contribution is -2.16. The van der Waals surface area contributed by atoms with E-state index in [4.69, 9.17) is 5.73 Å². The molecule has 5 nitrogen and oxygen atoms in total. The van der Waals surface area contributed by atoms with Crippen molar-refractivity contribution in [2.24, 2.45) is 0 Å². The molecular weight excluding hydrogens is 410 g/mol. The van der Waals surface area contributed by atoms with Crippen molar-refractivity contribution in [2.75, 3.05) is 10.5 Å². The number of anilines is 2. The highest BCUT2D eigenvalue weighted by atomic mass is 79.9. The third kappa shape index (κ3) is 3.13. The maximum Gasteiger partial charge on any atom is 0.265 e. The molecule has 0 atom stereocenters. The van der Waals surface area contributed by atoms with Gasteiger partial charge in [-0.2, -0.15) is 0 Å². The van der Waals surface area contributed by atoms with Crippen LogP contribution in [0.1, 0.15) is 5.56 Å². The Morgan fingerprint density at radius 2 is 2.00 bits per heavy atom. The standard InChI is InChI=1S/C12H11Br2N3O2S/c1-7-3-2-4-9(11(7)14)17-20(18,19)10-5-8(13)6-16-12(10)15/h2-6,17H,1H3,(H2,15,16). The van der Waals surface area contributed by atoms with Crippen molar-refractivity contribution in [2.45, 2.75) is 11.8 Å². The first-order valence-corrected chi connectivity index (χ1v) is 8.57. The van der Waals surface area contributed by atoms with Gasteiger partial charge in [0, 0.05) is 15.1 Å². The van der Waals surface area contributed by atoms with E-state index in [0.29, 0.717) is 14.6 Å². The Balaban J connectivity index is 2.46. The first-order chi connectivity index (χ1) is 9.31. The molecule has 2 aromatic rings. The van der Waals surface area contributed by atoms with Gasteiger partial charge in [-0.1, -0.05) is 12.1 Å². The molecule has 0 saturated heterocycles. The van der Waals surface area contributed by atoms with Gasteiger partial charge < -0.3 is 5.73 Å². The Hall–Kier alpha value is -1.12. The maximum absolute atomic E-state index is 12.4. The number of aryl methyl sites for hydroxylation is 1. The van der Waals surface area contributed by atoms with E-state index in [1.54, 1.807) is 12.1 Å². The van der Waals surface area contributed by atoms with E-state index in [-0.39, 0.29) is 10.7 Å². The fraction of sp³-hybridized carbons (Fsp3) is 0.0833. The lowest BCUT2D eigenvalue weighted by atomic mass is 10.2. The summed E-state index contributed by atoms with van der Waals surface area (Å²) in [5, 5.41) is 0. The molecule has 2 rings (SSSR count). The zero-order chi connectivity index (χ0) is 14.9. The van der Waals surface area contributed by atoms with Gasteiger partial charge in [-0.05, 0) is 56.5 Å². The number of nitrogens with one attached hydrogen (secondary N) is 1. The summed E-state index contributed by atoms with van der Waals surface area (Å²) in [6, 6.07) is 6.71. The molecule has 0 aliphatic rings. The van der Waals surface area contributed by atoms with Crippen LogP contribution in [-0.4, -0.2) is 13.4 Å². The number of sulfonamides is 1. The molecule has 0 bridgehead atoms. The number of benzene rings is 1. The van der Waals surface area contributed by atoms with Gasteiger partial charge in [0.2, 0.25) is 0 Å². The molecule has 3 N–H and O–H groups in total. The highest BCUT2D eigenvalue weighted by Gasteiger charge is 2.20. The minimum absolute atomic E-state index is 0.0514. The number of nitrogen functional groups attached to an aromatic ring is 1. The summed E-state index contributed by atoms with van der Waals surface area (Å²) in [7, 11) is -3.80. The molecule has 0 spiro atoms. The summed E-state index contributed by atoms with van der Waals surface area (Å²) < 4.78 is 28.4. The number of hydrogen-bond donors (Lipinski definition) is 2. The lowest BCUT2D eigenvalue weighted by Gasteiger charge is -2.12. The van der Waals surface area contributed by atoms with Crippen LogP contribution in [0.25, 0.3) is 0 Å². The van der Waals surface area contributed by atoms with Gasteiger partial charge in [-0.25, -0.2) is 13.4 Å². The Labute approximate surface area is 133 Å². The van der Waals surface area contributed by atoms with Crippen LogP contribution in [0.2, 0.25) is 0 Å². The first-order valence-electron chi connectivity index (χ1n) is 5.50. The van der Waals surface area contributed by atoms with E-state index in [1.165, 1.54) is 12.3 Å². The van der Waals surface area contributed by atoms with E-state index < -0.39 is 10.0 Å². The Bertz CT molecular complexity index is 763. The van der Waals surface area contributed by atoms with E-state index in [9.17, 15) is 8.42 Å². The SMILES string of the molecule is Cc1cccc(NS(=O)(=O)c2cc(Br)cnc2N)c1Br. The molecule has 8 heteroatoms. The average Bonchev–Trinajstić information content (AvgIpc) is 2.37. The van der Waals surface area contributed by atoms with Crippen LogP contribution in [0.4, 0.5) is 11.5 Å². The molecule has 0 amide bonds. The van der Waals surface area contributed by atoms with Gasteiger partial charge >= 0.3 is 0 Å². The summed E-state index contributed by atoms with van der Waals surface area (Å²) in [5.41, 5.74) is 7.00. The number of nitrogens with zero attached hydrogens (tertiary/aromatic N) is 1. The maximum atomic E-state index is 12.4. The molecule has 106 valence electrons. The van der Waals surface area contributed by atoms with Crippen LogP contribution in [-0.2, 0) is 10.0 Å². The minimum atomic E-state index is -3.80. The topological polar surface area (TPSA) is 85.1 Å². The molecule has 0 aliphatic carbocycles. The summed E-state index contributed by atoms with van der Waals surface area (Å²) >= 11 is 6.54. The molecule has 1 aromatic heterocycles. The monoisotopic (exact) mass is 419 g/mol. The van der Waals surface area contributed by atoms with E-state index in [1.807, 2.05) is 13.0 Å². The number of rotatable bonds is 3. The van der Waals surface area contributed by atoms with Crippen molar-refractivity contribution in [3.63, 3.8) is 0 Å². The van der Waals surface area contributed by atoms with Gasteiger partial charge in [0.15, 0.2) is 0 Å². The van der Waals surface area contributed by atoms with E-state index in [0.717, 1.165) is 5.56 Å². The minimum Gasteiger partial charge on any atom is -0.383 e. The quantitative estimate of drug-likeness (QED) is 0.797. The molecule has 0 unspecified atom stereocenters. The van der Waals surface area contributed by atoms with Crippen LogP contribution in [0.15, 0.2) is 44.3 Å². The molecule has 0 aliphatic heterocycles. The normalized spacial score (nSPS) is 11.3. The summed E-state index contributed by atoms with van der Waals surface area (Å²) in [6.07, 6.45) is 1.44. The number of aromatic nitrogens is 1. The van der Waals surface area contributed by atoms with Crippen LogP contribution in [0.5, 0.6) is 0 Å². The summed E-state index contributed by atoms with van der Waals surface area (Å²) in [5.74, 6) is -0.0514. The second kappa shape index (κ2) is 5.71. The molecule has 0 radical (unpaired) electrons. The van der Waals surface area contributed by atoms with Gasteiger partial charge in [-0.15, -0.1) is 0 Å². The number of pyridine rings is 1. The molecule has 1 heterocycles. The third-order valence-corrected chi connectivity index (χ3v) is 5.45. The van der Waals surface area contributed by atoms with Gasteiger partial charge in [0.1, 0.15) is 10.7 Å². The largest absolute Gasteiger partial charge is 0.383 e. The first kappa shape index (κ1) is 15.3. The molecule has 0 fully saturated rings. The number of halogens is 2. The summed E-state index contributed by atoms with van der Waals surface area (Å²) in [6.45, 7) is 1.87. The number of hydrogen-bond acceptors (Lipinski definition) is 4. The Morgan fingerprint density at radius 3 is 2.70 bits per heavy atom. The van der Waals surface area contributed by atoms with Crippen LogP contribution >= 0.6 is 31.9 Å². The molecule has 0 saturated carbocycles. The fourth-order valence-corrected chi connectivity index (χ4v) is 3.73. The molecular formula is C12H11Br2N3O2S. The predicted octanol–water partition coefficient (Wildman–Crippen LogP) is 3.30. The van der Waals surface area contributed by atoms with Crippen LogP contribution in [0.3, 0.4) is 0 Å². The molecule has 20 heavy (non-hydrogen) atoms. The number of nitrogens with two attached hydrogens (primary N) is 1. The smallest absolute Gasteiger partial charge is 0.265 e. The van der Waals surface area contributed by atoms with Crippen molar-refractivity contribution in [1.29, 1.82) is 0 Å². The Morgan fingerprint density at radius 1 is 1.30 bits per heavy atom. The highest BCUT2D eigenvalue weighted by Crippen LogP contribution is 2.29. The van der Waals surface area contributed by atoms with Crippen molar-refractivity contribution >= 4 is 53.4 Å². The van der Waals surface area contributed by atoms with Crippen molar-refractivity contribution in [1.82, 2.24) is 4.98 Å². The fourth-order valence-electron chi connectivity index (χ4n) is 1.57. The lowest BCUT2D eigenvalue weighted by molar-refractivity contribution is 0.601. The second-order valence-corrected chi connectivity index (χ2v) is 7.44. The van der Waals surface area contributed by atoms with Gasteiger partial charge in [-0.3, -0.25) is 4.72 Å². The van der Waals surface area contributed by atoms with E-state index in [2.05, 4.69) is 41.6 Å². The zero-order valence-electron chi connectivity index (χ0n) is 10.4. The second-order valence-electron chi connectivity index (χ2n) is 4.08. The Kier molecular flexibility index (Phi) is 4.36. The molecule has 1 aromatic carbocycles. The highest BCUT2D eigenvalue weighted by molar-refractivity contribution is 9.11. The van der Waals surface area contributed by atoms with E-state index >= 15 is 0 Å². The average molecular weight is 421 g/mol. The third-order valence-electron chi connectivity index (χ3n) is 2.57. The van der Waals surface area contributed by atoms with Crippen molar-refractivity contribution in [3.8, 4) is 0 Å². The zero-order valence-corrected chi connectivity index (χ0v) is 14.4. The van der Waals surface area contributed by atoms with Gasteiger partial charge in [0.25, 0.3) is 10.0 Å².